The summed E-state index contributed by atoms with van der Waals surface area (Å²) in [6, 6.07) is 0. The van der Waals surface area contributed by atoms with Crippen molar-refractivity contribution in [2.45, 2.75) is 39.4 Å². The maximum Gasteiger partial charge on any atom is 0.225 e. The average molecular weight is 220 g/mol. The Morgan fingerprint density at radius 2 is 1.94 bits per heavy atom. The first-order valence-corrected chi connectivity index (χ1v) is 5.65. The van der Waals surface area contributed by atoms with Gasteiger partial charge in [-0.15, -0.1) is 0 Å². The number of anilines is 1. The van der Waals surface area contributed by atoms with Gasteiger partial charge in [0.2, 0.25) is 5.95 Å². The zero-order chi connectivity index (χ0) is 11.9. The Morgan fingerprint density at radius 3 is 2.50 bits per heavy atom. The number of rotatable bonds is 1. The van der Waals surface area contributed by atoms with Gasteiger partial charge < -0.3 is 4.90 Å². The van der Waals surface area contributed by atoms with Gasteiger partial charge in [-0.05, 0) is 20.8 Å². The van der Waals surface area contributed by atoms with Crippen molar-refractivity contribution >= 4 is 5.95 Å². The van der Waals surface area contributed by atoms with Gasteiger partial charge in [0, 0.05) is 44.5 Å². The molecule has 2 heterocycles. The van der Waals surface area contributed by atoms with Crippen LogP contribution in [0.2, 0.25) is 0 Å². The molecule has 2 rings (SSSR count). The summed E-state index contributed by atoms with van der Waals surface area (Å²) in [5.74, 6) is 0.800. The highest BCUT2D eigenvalue weighted by molar-refractivity contribution is 5.33. The molecular formula is C12H20N4. The molecule has 0 aliphatic carbocycles. The van der Waals surface area contributed by atoms with Crippen LogP contribution in [0.3, 0.4) is 0 Å². The Balaban J connectivity index is 2.25. The molecule has 0 atom stereocenters. The first-order valence-electron chi connectivity index (χ1n) is 5.65. The molecule has 0 saturated carbocycles. The third-order valence-electron chi connectivity index (χ3n) is 2.99. The van der Waals surface area contributed by atoms with Gasteiger partial charge in [0.15, 0.2) is 0 Å². The summed E-state index contributed by atoms with van der Waals surface area (Å²) in [6.45, 7) is 8.60. The molecule has 88 valence electrons. The Kier molecular flexibility index (Phi) is 2.62. The number of hydrogen-bond donors (Lipinski definition) is 0. The fourth-order valence-electron chi connectivity index (χ4n) is 1.83. The Bertz CT molecular complexity index is 392. The zero-order valence-electron chi connectivity index (χ0n) is 10.8. The minimum Gasteiger partial charge on any atom is -0.347 e. The second-order valence-corrected chi connectivity index (χ2v) is 5.56. The Labute approximate surface area is 97.3 Å². The van der Waals surface area contributed by atoms with Gasteiger partial charge in [-0.25, -0.2) is 9.97 Å². The van der Waals surface area contributed by atoms with E-state index in [1.807, 2.05) is 25.2 Å². The molecule has 0 radical (unpaired) electrons. The van der Waals surface area contributed by atoms with E-state index in [0.29, 0.717) is 0 Å². The molecule has 1 aromatic rings. The third-order valence-corrected chi connectivity index (χ3v) is 2.99. The van der Waals surface area contributed by atoms with Crippen LogP contribution in [0, 0.1) is 0 Å². The molecule has 0 N–H and O–H groups in total. The molecule has 0 unspecified atom stereocenters. The van der Waals surface area contributed by atoms with Crippen LogP contribution in [0.4, 0.5) is 5.95 Å². The van der Waals surface area contributed by atoms with Crippen molar-refractivity contribution in [3.63, 3.8) is 0 Å². The van der Waals surface area contributed by atoms with Crippen molar-refractivity contribution in [1.29, 1.82) is 0 Å². The molecule has 16 heavy (non-hydrogen) atoms. The second kappa shape index (κ2) is 3.70. The van der Waals surface area contributed by atoms with Crippen LogP contribution >= 0.6 is 0 Å². The molecule has 1 aliphatic heterocycles. The molecule has 4 heteroatoms. The van der Waals surface area contributed by atoms with E-state index in [1.165, 1.54) is 11.3 Å². The van der Waals surface area contributed by atoms with E-state index >= 15 is 0 Å². The van der Waals surface area contributed by atoms with E-state index in [9.17, 15) is 0 Å². The maximum absolute atomic E-state index is 4.59. The third kappa shape index (κ3) is 2.02. The summed E-state index contributed by atoms with van der Waals surface area (Å²) >= 11 is 0. The van der Waals surface area contributed by atoms with Gasteiger partial charge in [0.25, 0.3) is 0 Å². The van der Waals surface area contributed by atoms with Crippen LogP contribution in [0.15, 0.2) is 6.20 Å². The van der Waals surface area contributed by atoms with E-state index in [2.05, 4.69) is 35.6 Å². The summed E-state index contributed by atoms with van der Waals surface area (Å²) in [5.41, 5.74) is 2.63. The lowest BCUT2D eigenvalue weighted by atomic mass is 10.1. The monoisotopic (exact) mass is 220 g/mol. The molecule has 1 aromatic heterocycles. The molecular weight excluding hydrogens is 200 g/mol. The van der Waals surface area contributed by atoms with E-state index in [-0.39, 0.29) is 5.54 Å². The van der Waals surface area contributed by atoms with E-state index in [0.717, 1.165) is 19.0 Å². The first-order chi connectivity index (χ1) is 7.38. The SMILES string of the molecule is CN(C)c1ncc2c(n1)CN(C(C)(C)C)C2. The Morgan fingerprint density at radius 1 is 1.25 bits per heavy atom. The maximum atomic E-state index is 4.59. The van der Waals surface area contributed by atoms with Gasteiger partial charge in [-0.1, -0.05) is 0 Å². The normalized spacial score (nSPS) is 16.3. The predicted octanol–water partition coefficient (Wildman–Crippen LogP) is 1.66. The van der Waals surface area contributed by atoms with E-state index < -0.39 is 0 Å². The minimum atomic E-state index is 0.193. The van der Waals surface area contributed by atoms with Gasteiger partial charge >= 0.3 is 0 Å². The van der Waals surface area contributed by atoms with Crippen molar-refractivity contribution < 1.29 is 0 Å². The molecule has 0 fully saturated rings. The lowest BCUT2D eigenvalue weighted by Gasteiger charge is -2.30. The fraction of sp³-hybridized carbons (Fsp3) is 0.667. The molecule has 0 amide bonds. The fourth-order valence-corrected chi connectivity index (χ4v) is 1.83. The zero-order valence-corrected chi connectivity index (χ0v) is 10.8. The summed E-state index contributed by atoms with van der Waals surface area (Å²) in [5, 5.41) is 0. The van der Waals surface area contributed by atoms with Crippen LogP contribution in [0.5, 0.6) is 0 Å². The standard InChI is InChI=1S/C12H20N4/c1-12(2,3)16-7-9-6-13-11(15(4)5)14-10(9)8-16/h6H,7-8H2,1-5H3. The first kappa shape index (κ1) is 11.3. The van der Waals surface area contributed by atoms with Crippen LogP contribution < -0.4 is 4.90 Å². The summed E-state index contributed by atoms with van der Waals surface area (Å²) in [7, 11) is 3.94. The minimum absolute atomic E-state index is 0.193. The lowest BCUT2D eigenvalue weighted by molar-refractivity contribution is 0.135. The molecule has 0 bridgehead atoms. The lowest BCUT2D eigenvalue weighted by Crippen LogP contribution is -2.36. The number of nitrogens with zero attached hydrogens (tertiary/aromatic N) is 4. The quantitative estimate of drug-likeness (QED) is 0.720. The van der Waals surface area contributed by atoms with Gasteiger partial charge in [-0.3, -0.25) is 4.90 Å². The van der Waals surface area contributed by atoms with Crippen molar-refractivity contribution in [1.82, 2.24) is 14.9 Å². The average Bonchev–Trinajstić information content (AvgIpc) is 2.58. The number of aromatic nitrogens is 2. The van der Waals surface area contributed by atoms with Crippen LogP contribution in [0.1, 0.15) is 32.0 Å². The Hall–Kier alpha value is -1.16. The summed E-state index contributed by atoms with van der Waals surface area (Å²) in [4.78, 5) is 13.3. The highest BCUT2D eigenvalue weighted by atomic mass is 15.3. The van der Waals surface area contributed by atoms with Crippen LogP contribution in [-0.2, 0) is 13.1 Å². The number of fused-ring (bicyclic) bond motifs is 1. The van der Waals surface area contributed by atoms with Crippen molar-refractivity contribution in [3.8, 4) is 0 Å². The summed E-state index contributed by atoms with van der Waals surface area (Å²) in [6.07, 6.45) is 1.96. The molecule has 0 saturated heterocycles. The largest absolute Gasteiger partial charge is 0.347 e. The number of hydrogen-bond acceptors (Lipinski definition) is 4. The van der Waals surface area contributed by atoms with Crippen LogP contribution in [0.25, 0.3) is 0 Å². The van der Waals surface area contributed by atoms with Crippen molar-refractivity contribution in [3.05, 3.63) is 17.5 Å². The van der Waals surface area contributed by atoms with Gasteiger partial charge in [-0.2, -0.15) is 0 Å². The smallest absolute Gasteiger partial charge is 0.225 e. The van der Waals surface area contributed by atoms with Crippen molar-refractivity contribution in [2.24, 2.45) is 0 Å². The van der Waals surface area contributed by atoms with E-state index in [4.69, 9.17) is 0 Å². The van der Waals surface area contributed by atoms with E-state index in [1.54, 1.807) is 0 Å². The molecule has 4 nitrogen and oxygen atoms in total. The second-order valence-electron chi connectivity index (χ2n) is 5.56. The molecule has 0 spiro atoms. The highest BCUT2D eigenvalue weighted by Gasteiger charge is 2.29. The molecule has 0 aromatic carbocycles. The highest BCUT2D eigenvalue weighted by Crippen LogP contribution is 2.28. The van der Waals surface area contributed by atoms with Gasteiger partial charge in [0.1, 0.15) is 0 Å². The van der Waals surface area contributed by atoms with Crippen molar-refractivity contribution in [2.75, 3.05) is 19.0 Å². The summed E-state index contributed by atoms with van der Waals surface area (Å²) < 4.78 is 0. The van der Waals surface area contributed by atoms with Gasteiger partial charge in [0.05, 0.1) is 5.69 Å². The topological polar surface area (TPSA) is 32.3 Å². The predicted molar refractivity (Wildman–Crippen MR) is 65.4 cm³/mol. The molecule has 1 aliphatic rings. The van der Waals surface area contributed by atoms with Crippen LogP contribution in [-0.4, -0.2) is 34.5 Å².